The molecule has 0 unspecified atom stereocenters. The fraction of sp³-hybridized carbons (Fsp3) is 0.0833. The van der Waals surface area contributed by atoms with Gasteiger partial charge in [0.1, 0.15) is 11.5 Å². The molecule has 1 N–H and O–H groups in total. The molecule has 1 heterocycles. The van der Waals surface area contributed by atoms with E-state index in [1.807, 2.05) is 24.5 Å². The molecule has 0 aliphatic heterocycles. The lowest BCUT2D eigenvalue weighted by Gasteiger charge is -2.11. The number of aryl methyl sites for hydroxylation is 1. The van der Waals surface area contributed by atoms with Crippen LogP contribution in [0.15, 0.2) is 42.6 Å². The van der Waals surface area contributed by atoms with Crippen molar-refractivity contribution in [1.29, 1.82) is 0 Å². The predicted octanol–water partition coefficient (Wildman–Crippen LogP) is 3.09. The summed E-state index contributed by atoms with van der Waals surface area (Å²) in [6, 6.07) is 10.5. The van der Waals surface area contributed by atoms with Crippen LogP contribution in [0.3, 0.4) is 0 Å². The molecule has 1 aromatic carbocycles. The Balaban J connectivity index is 2.16. The molecule has 82 valence electrons. The van der Waals surface area contributed by atoms with Crippen LogP contribution in [0.25, 0.3) is 0 Å². The number of hydrogen-bond acceptors (Lipinski definition) is 4. The average molecular weight is 215 g/mol. The summed E-state index contributed by atoms with van der Waals surface area (Å²) in [5, 5.41) is 10.5. The average Bonchev–Trinajstić information content (AvgIpc) is 2.32. The quantitative estimate of drug-likeness (QED) is 0.799. The third-order valence-corrected chi connectivity index (χ3v) is 2.07. The van der Waals surface area contributed by atoms with Crippen LogP contribution in [0.1, 0.15) is 5.69 Å². The van der Waals surface area contributed by atoms with Crippen molar-refractivity contribution < 1.29 is 4.74 Å². The maximum atomic E-state index is 10.5. The highest BCUT2D eigenvalue weighted by molar-refractivity contribution is 5.49. The van der Waals surface area contributed by atoms with Crippen molar-refractivity contribution in [2.24, 2.45) is 0 Å². The van der Waals surface area contributed by atoms with Crippen LogP contribution in [-0.2, 0) is 0 Å². The van der Waals surface area contributed by atoms with Crippen molar-refractivity contribution in [3.05, 3.63) is 53.5 Å². The smallest absolute Gasteiger partial charge is 0.145 e. The van der Waals surface area contributed by atoms with E-state index in [-0.39, 0.29) is 0 Å². The van der Waals surface area contributed by atoms with E-state index < -0.39 is 0 Å². The lowest BCUT2D eigenvalue weighted by Crippen LogP contribution is -1.89. The van der Waals surface area contributed by atoms with Crippen molar-refractivity contribution in [2.75, 3.05) is 5.48 Å². The maximum Gasteiger partial charge on any atom is 0.145 e. The largest absolute Gasteiger partial charge is 0.761 e. The predicted molar refractivity (Wildman–Crippen MR) is 62.5 cm³/mol. The second-order valence-corrected chi connectivity index (χ2v) is 3.37. The first kappa shape index (κ1) is 10.4. The van der Waals surface area contributed by atoms with Crippen LogP contribution in [0.4, 0.5) is 5.69 Å². The highest BCUT2D eigenvalue weighted by Crippen LogP contribution is 2.23. The Morgan fingerprint density at radius 1 is 1.19 bits per heavy atom. The SMILES string of the molecule is Cc1ccc(Oc2cccc(N[O-])c2)cn1. The number of nitrogens with one attached hydrogen (secondary N) is 1. The molecular weight excluding hydrogens is 204 g/mol. The molecule has 0 amide bonds. The topological polar surface area (TPSA) is 57.2 Å². The molecule has 0 bridgehead atoms. The Bertz CT molecular complexity index is 469. The molecule has 16 heavy (non-hydrogen) atoms. The minimum absolute atomic E-state index is 0.470. The van der Waals surface area contributed by atoms with Crippen LogP contribution in [0, 0.1) is 12.1 Å². The van der Waals surface area contributed by atoms with E-state index in [0.29, 0.717) is 17.2 Å². The Hall–Kier alpha value is -2.07. The molecule has 2 aromatic rings. The summed E-state index contributed by atoms with van der Waals surface area (Å²) in [7, 11) is 0. The first-order chi connectivity index (χ1) is 7.78. The lowest BCUT2D eigenvalue weighted by molar-refractivity contribution is 0.480. The van der Waals surface area contributed by atoms with Gasteiger partial charge in [0.15, 0.2) is 0 Å². The van der Waals surface area contributed by atoms with Gasteiger partial charge in [0.25, 0.3) is 0 Å². The summed E-state index contributed by atoms with van der Waals surface area (Å²) in [6.45, 7) is 1.91. The Morgan fingerprint density at radius 3 is 2.75 bits per heavy atom. The summed E-state index contributed by atoms with van der Waals surface area (Å²) in [4.78, 5) is 4.12. The number of ether oxygens (including phenoxy) is 1. The van der Waals surface area contributed by atoms with Gasteiger partial charge in [-0.15, -0.1) is 0 Å². The van der Waals surface area contributed by atoms with Crippen LogP contribution in [0.5, 0.6) is 11.5 Å². The summed E-state index contributed by atoms with van der Waals surface area (Å²) in [5.41, 5.74) is 3.22. The number of nitrogens with zero attached hydrogens (tertiary/aromatic N) is 1. The van der Waals surface area contributed by atoms with E-state index in [2.05, 4.69) is 4.98 Å². The minimum Gasteiger partial charge on any atom is -0.761 e. The monoisotopic (exact) mass is 215 g/mol. The zero-order valence-corrected chi connectivity index (χ0v) is 8.81. The van der Waals surface area contributed by atoms with Crippen molar-refractivity contribution in [3.8, 4) is 11.5 Å². The minimum atomic E-state index is 0.470. The van der Waals surface area contributed by atoms with Gasteiger partial charge in [-0.2, -0.15) is 0 Å². The molecule has 4 nitrogen and oxygen atoms in total. The number of rotatable bonds is 3. The van der Waals surface area contributed by atoms with E-state index in [9.17, 15) is 5.21 Å². The van der Waals surface area contributed by atoms with Crippen LogP contribution in [0.2, 0.25) is 0 Å². The zero-order valence-electron chi connectivity index (χ0n) is 8.81. The Labute approximate surface area is 93.5 Å². The van der Waals surface area contributed by atoms with Gasteiger partial charge >= 0.3 is 0 Å². The Morgan fingerprint density at radius 2 is 2.06 bits per heavy atom. The maximum absolute atomic E-state index is 10.5. The number of anilines is 1. The van der Waals surface area contributed by atoms with E-state index >= 15 is 0 Å². The molecule has 0 saturated carbocycles. The molecule has 0 aliphatic carbocycles. The first-order valence-corrected chi connectivity index (χ1v) is 4.86. The number of aromatic nitrogens is 1. The second-order valence-electron chi connectivity index (χ2n) is 3.37. The van der Waals surface area contributed by atoms with Gasteiger partial charge in [-0.05, 0) is 31.2 Å². The van der Waals surface area contributed by atoms with Crippen LogP contribution in [-0.4, -0.2) is 4.98 Å². The van der Waals surface area contributed by atoms with Gasteiger partial charge in [0.05, 0.1) is 6.20 Å². The summed E-state index contributed by atoms with van der Waals surface area (Å²) in [5.74, 6) is 1.25. The summed E-state index contributed by atoms with van der Waals surface area (Å²) < 4.78 is 5.53. The highest BCUT2D eigenvalue weighted by Gasteiger charge is 1.97. The fourth-order valence-electron chi connectivity index (χ4n) is 1.27. The van der Waals surface area contributed by atoms with Crippen molar-refractivity contribution in [1.82, 2.24) is 4.98 Å². The molecule has 0 atom stereocenters. The number of hydrogen-bond donors (Lipinski definition) is 1. The fourth-order valence-corrected chi connectivity index (χ4v) is 1.27. The molecule has 0 fully saturated rings. The van der Waals surface area contributed by atoms with E-state index in [1.165, 1.54) is 0 Å². The normalized spacial score (nSPS) is 9.88. The molecule has 0 radical (unpaired) electrons. The molecule has 4 heteroatoms. The van der Waals surface area contributed by atoms with Crippen molar-refractivity contribution in [3.63, 3.8) is 0 Å². The van der Waals surface area contributed by atoms with Gasteiger partial charge in [-0.25, -0.2) is 0 Å². The molecule has 2 rings (SSSR count). The van der Waals surface area contributed by atoms with Crippen LogP contribution >= 0.6 is 0 Å². The molecule has 1 aromatic heterocycles. The van der Waals surface area contributed by atoms with Gasteiger partial charge in [-0.3, -0.25) is 4.98 Å². The van der Waals surface area contributed by atoms with E-state index in [0.717, 1.165) is 5.69 Å². The molecule has 0 saturated heterocycles. The third-order valence-electron chi connectivity index (χ3n) is 2.07. The summed E-state index contributed by atoms with van der Waals surface area (Å²) >= 11 is 0. The first-order valence-electron chi connectivity index (χ1n) is 4.86. The highest BCUT2D eigenvalue weighted by atomic mass is 16.5. The number of benzene rings is 1. The second kappa shape index (κ2) is 4.63. The molecule has 0 aliphatic rings. The van der Waals surface area contributed by atoms with Gasteiger partial charge in [-0.1, -0.05) is 6.07 Å². The van der Waals surface area contributed by atoms with Gasteiger partial charge < -0.3 is 15.4 Å². The number of pyridine rings is 1. The van der Waals surface area contributed by atoms with Crippen molar-refractivity contribution >= 4 is 5.69 Å². The van der Waals surface area contributed by atoms with Gasteiger partial charge in [0.2, 0.25) is 0 Å². The van der Waals surface area contributed by atoms with Gasteiger partial charge in [0, 0.05) is 17.4 Å². The molecule has 0 spiro atoms. The zero-order chi connectivity index (χ0) is 11.4. The van der Waals surface area contributed by atoms with E-state index in [1.54, 1.807) is 30.5 Å². The Kier molecular flexibility index (Phi) is 3.03. The third kappa shape index (κ3) is 2.49. The summed E-state index contributed by atoms with van der Waals surface area (Å²) in [6.07, 6.45) is 1.65. The van der Waals surface area contributed by atoms with Crippen molar-refractivity contribution in [2.45, 2.75) is 6.92 Å². The van der Waals surface area contributed by atoms with Crippen LogP contribution < -0.4 is 10.2 Å². The lowest BCUT2D eigenvalue weighted by atomic mass is 10.3. The standard InChI is InChI=1S/C12H11N2O2/c1-9-5-6-12(8-13-9)16-11-4-2-3-10(7-11)14-15/h2-8,14H,1H3/q-1. The molecular formula is C12H11N2O2-. The van der Waals surface area contributed by atoms with E-state index in [4.69, 9.17) is 4.74 Å².